The van der Waals surface area contributed by atoms with Gasteiger partial charge >= 0.3 is 0 Å². The van der Waals surface area contributed by atoms with Crippen molar-refractivity contribution in [2.45, 2.75) is 25.2 Å². The molecule has 0 heterocycles. The number of allylic oxidation sites excluding steroid dienone is 2. The van der Waals surface area contributed by atoms with Gasteiger partial charge in [0.2, 0.25) is 5.91 Å². The number of methoxy groups -OCH3 is 1. The van der Waals surface area contributed by atoms with E-state index in [0.717, 1.165) is 21.8 Å². The van der Waals surface area contributed by atoms with E-state index >= 15 is 0 Å². The minimum Gasteiger partial charge on any atom is -0.497 e. The number of rotatable bonds is 8. The van der Waals surface area contributed by atoms with Crippen LogP contribution in [0.2, 0.25) is 0 Å². The molecule has 26 heavy (non-hydrogen) atoms. The van der Waals surface area contributed by atoms with Crippen molar-refractivity contribution >= 4 is 28.5 Å². The molecular weight excluding hydrogens is 376 g/mol. The van der Waals surface area contributed by atoms with Crippen LogP contribution in [0.4, 0.5) is 0 Å². The molecule has 0 aliphatic carbocycles. The highest BCUT2D eigenvalue weighted by Gasteiger charge is 2.17. The van der Waals surface area contributed by atoms with E-state index in [1.165, 1.54) is 12.2 Å². The van der Waals surface area contributed by atoms with Crippen LogP contribution >= 0.6 is 11.6 Å². The fourth-order valence-corrected chi connectivity index (χ4v) is 3.54. The lowest BCUT2D eigenvalue weighted by Gasteiger charge is -2.19. The molecule has 1 amide bonds. The Morgan fingerprint density at radius 1 is 1.31 bits per heavy atom. The number of carbonyl (C=O) groups is 1. The van der Waals surface area contributed by atoms with Gasteiger partial charge in [-0.1, -0.05) is 11.6 Å². The predicted molar refractivity (Wildman–Crippen MR) is 105 cm³/mol. The van der Waals surface area contributed by atoms with Crippen molar-refractivity contribution in [2.24, 2.45) is 11.5 Å². The van der Waals surface area contributed by atoms with Gasteiger partial charge in [0.1, 0.15) is 22.6 Å². The second kappa shape index (κ2) is 10.2. The van der Waals surface area contributed by atoms with Gasteiger partial charge in [-0.25, -0.2) is 8.51 Å². The first-order chi connectivity index (χ1) is 12.1. The van der Waals surface area contributed by atoms with Crippen LogP contribution in [-0.4, -0.2) is 35.1 Å². The Hall–Kier alpha value is -2.03. The summed E-state index contributed by atoms with van der Waals surface area (Å²) in [7, 11) is 1.90. The lowest BCUT2D eigenvalue weighted by Crippen LogP contribution is -2.32. The summed E-state index contributed by atoms with van der Waals surface area (Å²) >= 11 is 5.48. The average molecular weight is 401 g/mol. The van der Waals surface area contributed by atoms with Gasteiger partial charge in [0.05, 0.1) is 17.2 Å². The van der Waals surface area contributed by atoms with E-state index in [4.69, 9.17) is 27.8 Å². The molecule has 1 atom stereocenters. The van der Waals surface area contributed by atoms with Crippen molar-refractivity contribution in [1.29, 1.82) is 0 Å². The maximum absolute atomic E-state index is 12.8. The third-order valence-corrected chi connectivity index (χ3v) is 5.35. The molecular formula is C17H25ClN4O3S. The van der Waals surface area contributed by atoms with E-state index in [1.54, 1.807) is 18.5 Å². The molecule has 1 aromatic carbocycles. The van der Waals surface area contributed by atoms with E-state index in [9.17, 15) is 9.00 Å². The summed E-state index contributed by atoms with van der Waals surface area (Å²) in [6.45, 7) is 4.06. The van der Waals surface area contributed by atoms with Crippen molar-refractivity contribution in [3.63, 3.8) is 0 Å². The summed E-state index contributed by atoms with van der Waals surface area (Å²) in [4.78, 5) is 12.6. The summed E-state index contributed by atoms with van der Waals surface area (Å²) in [6, 6.07) is 3.67. The largest absolute Gasteiger partial charge is 0.497 e. The number of nitrogens with one attached hydrogen (secondary N) is 1. The highest BCUT2D eigenvalue weighted by Crippen LogP contribution is 2.25. The third-order valence-electron chi connectivity index (χ3n) is 3.49. The summed E-state index contributed by atoms with van der Waals surface area (Å²) in [5.41, 5.74) is 12.6. The first-order valence-corrected chi connectivity index (χ1v) is 9.30. The second-order valence-electron chi connectivity index (χ2n) is 5.66. The van der Waals surface area contributed by atoms with Crippen LogP contribution in [0.15, 0.2) is 40.2 Å². The molecule has 0 saturated carbocycles. The van der Waals surface area contributed by atoms with Gasteiger partial charge in [-0.15, -0.1) is 0 Å². The number of amides is 1. The number of nitrogens with zero attached hydrogens (tertiary/aromatic N) is 1. The number of aryl methyl sites for hydroxylation is 2. The molecule has 0 aliphatic rings. The zero-order valence-corrected chi connectivity index (χ0v) is 16.9. The van der Waals surface area contributed by atoms with E-state index in [1.807, 2.05) is 26.0 Å². The Morgan fingerprint density at radius 3 is 2.38 bits per heavy atom. The van der Waals surface area contributed by atoms with Crippen LogP contribution < -0.4 is 21.5 Å². The Kier molecular flexibility index (Phi) is 8.64. The van der Waals surface area contributed by atoms with Crippen LogP contribution in [0.1, 0.15) is 17.5 Å². The van der Waals surface area contributed by atoms with Crippen LogP contribution in [0, 0.1) is 13.8 Å². The van der Waals surface area contributed by atoms with E-state index < -0.39 is 11.0 Å². The lowest BCUT2D eigenvalue weighted by molar-refractivity contribution is -0.120. The third kappa shape index (κ3) is 6.70. The van der Waals surface area contributed by atoms with Crippen molar-refractivity contribution in [3.8, 4) is 5.75 Å². The summed E-state index contributed by atoms with van der Waals surface area (Å²) < 4.78 is 19.6. The fourth-order valence-electron chi connectivity index (χ4n) is 2.24. The second-order valence-corrected chi connectivity index (χ2v) is 7.63. The van der Waals surface area contributed by atoms with Gasteiger partial charge in [0.15, 0.2) is 0 Å². The van der Waals surface area contributed by atoms with Gasteiger partial charge in [-0.2, -0.15) is 0 Å². The standard InChI is InChI=1S/C17H25ClN4O3S/c1-11-9-13(25-4)10-12(2)17(11)26(24)22(3)8-7-16(23)21-15(20)6-5-14(18)19/h5-6,9-10H,7-8,19-20H2,1-4H3,(H,21,23)/b14-5-,15-6+. The summed E-state index contributed by atoms with van der Waals surface area (Å²) in [5.74, 6) is 0.549. The molecule has 0 radical (unpaired) electrons. The highest BCUT2D eigenvalue weighted by atomic mass is 35.5. The van der Waals surface area contributed by atoms with Gasteiger partial charge in [-0.05, 0) is 49.3 Å². The van der Waals surface area contributed by atoms with Gasteiger partial charge in [-0.3, -0.25) is 4.79 Å². The Balaban J connectivity index is 2.70. The van der Waals surface area contributed by atoms with E-state index in [-0.39, 0.29) is 23.3 Å². The molecule has 1 rings (SSSR count). The molecule has 0 fully saturated rings. The predicted octanol–water partition coefficient (Wildman–Crippen LogP) is 1.61. The van der Waals surface area contributed by atoms with Crippen molar-refractivity contribution in [1.82, 2.24) is 9.62 Å². The van der Waals surface area contributed by atoms with Gasteiger partial charge in [0, 0.05) is 20.0 Å². The van der Waals surface area contributed by atoms with Crippen LogP contribution in [0.5, 0.6) is 5.75 Å². The van der Waals surface area contributed by atoms with E-state index in [2.05, 4.69) is 5.32 Å². The molecule has 0 aliphatic heterocycles. The zero-order chi connectivity index (χ0) is 19.9. The topological polar surface area (TPSA) is 111 Å². The SMILES string of the molecule is COc1cc(C)c(S(=O)N(C)CCC(=O)N/C(N)=C/C=C(\N)Cl)c(C)c1. The molecule has 0 aromatic heterocycles. The minimum atomic E-state index is -1.39. The monoisotopic (exact) mass is 400 g/mol. The molecule has 0 saturated heterocycles. The van der Waals surface area contributed by atoms with E-state index in [0.29, 0.717) is 6.54 Å². The number of hydrogen-bond donors (Lipinski definition) is 3. The normalized spacial score (nSPS) is 13.6. The molecule has 1 unspecified atom stereocenters. The van der Waals surface area contributed by atoms with Gasteiger partial charge in [0.25, 0.3) is 0 Å². The number of ether oxygens (including phenoxy) is 1. The molecule has 5 N–H and O–H groups in total. The highest BCUT2D eigenvalue weighted by molar-refractivity contribution is 7.82. The smallest absolute Gasteiger partial charge is 0.226 e. The molecule has 0 spiro atoms. The Bertz CT molecular complexity index is 723. The molecule has 0 bridgehead atoms. The van der Waals surface area contributed by atoms with Crippen LogP contribution in [-0.2, 0) is 15.8 Å². The van der Waals surface area contributed by atoms with Gasteiger partial charge < -0.3 is 21.5 Å². The summed E-state index contributed by atoms with van der Waals surface area (Å²) in [6.07, 6.45) is 2.89. The number of halogens is 1. The lowest BCUT2D eigenvalue weighted by atomic mass is 10.1. The quantitative estimate of drug-likeness (QED) is 0.453. The number of nitrogens with two attached hydrogens (primary N) is 2. The number of hydrogen-bond acceptors (Lipinski definition) is 5. The van der Waals surface area contributed by atoms with Crippen LogP contribution in [0.25, 0.3) is 0 Å². The van der Waals surface area contributed by atoms with Crippen molar-refractivity contribution in [3.05, 3.63) is 46.4 Å². The molecule has 7 nitrogen and oxygen atoms in total. The molecule has 9 heteroatoms. The Labute approximate surface area is 161 Å². The zero-order valence-electron chi connectivity index (χ0n) is 15.3. The Morgan fingerprint density at radius 2 is 1.88 bits per heavy atom. The fraction of sp³-hybridized carbons (Fsp3) is 0.353. The maximum Gasteiger partial charge on any atom is 0.226 e. The molecule has 144 valence electrons. The van der Waals surface area contributed by atoms with Crippen molar-refractivity contribution in [2.75, 3.05) is 20.7 Å². The minimum absolute atomic E-state index is 0.0579. The van der Waals surface area contributed by atoms with Crippen LogP contribution in [0.3, 0.4) is 0 Å². The van der Waals surface area contributed by atoms with Crippen molar-refractivity contribution < 1.29 is 13.7 Å². The first kappa shape index (κ1) is 22.0. The number of benzene rings is 1. The first-order valence-electron chi connectivity index (χ1n) is 7.82. The molecule has 1 aromatic rings. The number of carbonyl (C=O) groups excluding carboxylic acids is 1. The average Bonchev–Trinajstić information content (AvgIpc) is 2.56. The summed E-state index contributed by atoms with van der Waals surface area (Å²) in [5, 5.41) is 2.56. The maximum atomic E-state index is 12.8.